The van der Waals surface area contributed by atoms with E-state index >= 15 is 0 Å². The second kappa shape index (κ2) is 9.85. The van der Waals surface area contributed by atoms with Crippen LogP contribution in [0.25, 0.3) is 0 Å². The molecule has 1 aromatic carbocycles. The van der Waals surface area contributed by atoms with Crippen LogP contribution < -0.4 is 0 Å². The zero-order valence-corrected chi connectivity index (χ0v) is 16.4. The van der Waals surface area contributed by atoms with Crippen molar-refractivity contribution in [2.24, 2.45) is 11.8 Å². The predicted molar refractivity (Wildman–Crippen MR) is 110 cm³/mol. The number of allylic oxidation sites excluding steroid dienone is 3. The van der Waals surface area contributed by atoms with Gasteiger partial charge in [0.25, 0.3) is 0 Å². The second-order valence-corrected chi connectivity index (χ2v) is 7.79. The number of rotatable bonds is 9. The van der Waals surface area contributed by atoms with Gasteiger partial charge in [-0.3, -0.25) is 0 Å². The van der Waals surface area contributed by atoms with Gasteiger partial charge in [-0.2, -0.15) is 0 Å². The van der Waals surface area contributed by atoms with Crippen LogP contribution in [0.5, 0.6) is 0 Å². The molecule has 4 nitrogen and oxygen atoms in total. The number of aliphatic hydroxyl groups excluding tert-OH is 1. The van der Waals surface area contributed by atoms with Crippen LogP contribution >= 0.6 is 0 Å². The summed E-state index contributed by atoms with van der Waals surface area (Å²) in [5, 5.41) is 19.2. The molecule has 1 aromatic rings. The van der Waals surface area contributed by atoms with Gasteiger partial charge in [-0.05, 0) is 37.2 Å². The molecule has 0 amide bonds. The van der Waals surface area contributed by atoms with Crippen LogP contribution in [0.4, 0.5) is 0 Å². The molecule has 2 aliphatic heterocycles. The van der Waals surface area contributed by atoms with Gasteiger partial charge in [0, 0.05) is 17.9 Å². The number of aliphatic hydroxyl groups is 1. The van der Waals surface area contributed by atoms with Gasteiger partial charge >= 0.3 is 5.97 Å². The molecular weight excluding hydrogens is 352 g/mol. The Morgan fingerprint density at radius 1 is 1.18 bits per heavy atom. The topological polar surface area (TPSA) is 66.8 Å². The standard InChI is InChI=1S/C24H30O4/c1-17(18-9-5-4-6-10-18)21(25)14-13-20-19(22-15-16-23(20)28-22)11-7-2-3-8-12-24(26)27/h2,4-10,12-14,17,19-23,25H,3,11,15-16H2,1H3,(H,26,27)/b7-2-,12-8+,14-13+/t17?,19-,20+,21?,22-,23+/m0/s1. The maximum atomic E-state index is 10.6. The maximum absolute atomic E-state index is 10.6. The van der Waals surface area contributed by atoms with Crippen LogP contribution in [0.3, 0.4) is 0 Å². The van der Waals surface area contributed by atoms with Gasteiger partial charge in [-0.15, -0.1) is 0 Å². The number of fused-ring (bicyclic) bond motifs is 2. The van der Waals surface area contributed by atoms with E-state index in [9.17, 15) is 9.90 Å². The summed E-state index contributed by atoms with van der Waals surface area (Å²) in [6, 6.07) is 10.1. The number of aliphatic carboxylic acids is 1. The number of ether oxygens (including phenoxy) is 1. The molecule has 2 bridgehead atoms. The molecule has 2 fully saturated rings. The Hall–Kier alpha value is -2.17. The van der Waals surface area contributed by atoms with Crippen molar-refractivity contribution in [3.8, 4) is 0 Å². The average Bonchev–Trinajstić information content (AvgIpc) is 3.30. The van der Waals surface area contributed by atoms with Crippen molar-refractivity contribution < 1.29 is 19.7 Å². The van der Waals surface area contributed by atoms with E-state index in [2.05, 4.69) is 24.3 Å². The summed E-state index contributed by atoms with van der Waals surface area (Å²) in [7, 11) is 0. The first-order valence-corrected chi connectivity index (χ1v) is 10.2. The van der Waals surface area contributed by atoms with E-state index < -0.39 is 12.1 Å². The molecule has 0 aliphatic carbocycles. The largest absolute Gasteiger partial charge is 0.478 e. The van der Waals surface area contributed by atoms with Gasteiger partial charge in [0.2, 0.25) is 0 Å². The van der Waals surface area contributed by atoms with E-state index in [-0.39, 0.29) is 12.0 Å². The molecule has 2 heterocycles. The lowest BCUT2D eigenvalue weighted by Gasteiger charge is -2.25. The van der Waals surface area contributed by atoms with Gasteiger partial charge in [0.1, 0.15) is 0 Å². The molecule has 0 saturated carbocycles. The zero-order valence-electron chi connectivity index (χ0n) is 16.4. The third kappa shape index (κ3) is 5.21. The van der Waals surface area contributed by atoms with Crippen molar-refractivity contribution in [3.63, 3.8) is 0 Å². The minimum absolute atomic E-state index is 0.0522. The normalized spacial score (nSPS) is 29.2. The quantitative estimate of drug-likeness (QED) is 0.488. The summed E-state index contributed by atoms with van der Waals surface area (Å²) in [4.78, 5) is 10.5. The summed E-state index contributed by atoms with van der Waals surface area (Å²) in [6.45, 7) is 2.05. The van der Waals surface area contributed by atoms with Gasteiger partial charge in [-0.1, -0.05) is 67.6 Å². The minimum Gasteiger partial charge on any atom is -0.478 e. The minimum atomic E-state index is -0.914. The second-order valence-electron chi connectivity index (χ2n) is 7.79. The van der Waals surface area contributed by atoms with Crippen molar-refractivity contribution >= 4 is 5.97 Å². The molecule has 0 radical (unpaired) electrons. The van der Waals surface area contributed by atoms with Crippen LogP contribution in [0, 0.1) is 11.8 Å². The predicted octanol–water partition coefficient (Wildman–Crippen LogP) is 4.48. The first-order valence-electron chi connectivity index (χ1n) is 10.2. The fourth-order valence-electron chi connectivity index (χ4n) is 4.35. The molecule has 2 unspecified atom stereocenters. The van der Waals surface area contributed by atoms with Gasteiger partial charge in [-0.25, -0.2) is 4.79 Å². The summed E-state index contributed by atoms with van der Waals surface area (Å²) in [6.07, 6.45) is 14.8. The Kier molecular flexibility index (Phi) is 7.24. The van der Waals surface area contributed by atoms with Crippen LogP contribution in [0.15, 0.2) is 66.8 Å². The molecule has 150 valence electrons. The SMILES string of the molecule is CC(c1ccccc1)C(O)/C=C/[C@@H]1[C@H](C/C=C\C/C=C/C(=O)O)[C@@H]2CC[C@H]1O2. The summed E-state index contributed by atoms with van der Waals surface area (Å²) >= 11 is 0. The molecule has 0 spiro atoms. The third-order valence-electron chi connectivity index (χ3n) is 5.96. The van der Waals surface area contributed by atoms with Crippen molar-refractivity contribution in [3.05, 3.63) is 72.4 Å². The van der Waals surface area contributed by atoms with E-state index in [0.29, 0.717) is 24.4 Å². The van der Waals surface area contributed by atoms with Crippen LogP contribution in [-0.2, 0) is 9.53 Å². The fourth-order valence-corrected chi connectivity index (χ4v) is 4.35. The molecule has 2 saturated heterocycles. The van der Waals surface area contributed by atoms with E-state index in [1.807, 2.05) is 37.3 Å². The Morgan fingerprint density at radius 2 is 1.93 bits per heavy atom. The lowest BCUT2D eigenvalue weighted by molar-refractivity contribution is -0.131. The monoisotopic (exact) mass is 382 g/mol. The fraction of sp³-hybridized carbons (Fsp3) is 0.458. The highest BCUT2D eigenvalue weighted by Gasteiger charge is 2.46. The van der Waals surface area contributed by atoms with Crippen molar-refractivity contribution in [1.82, 2.24) is 0 Å². The van der Waals surface area contributed by atoms with Gasteiger partial charge < -0.3 is 14.9 Å². The number of carbonyl (C=O) groups is 1. The molecule has 4 heteroatoms. The number of carboxylic acids is 1. The summed E-state index contributed by atoms with van der Waals surface area (Å²) in [5.74, 6) is -0.107. The number of hydrogen-bond acceptors (Lipinski definition) is 3. The van der Waals surface area contributed by atoms with Crippen molar-refractivity contribution in [2.45, 2.75) is 56.8 Å². The van der Waals surface area contributed by atoms with Crippen LogP contribution in [0.2, 0.25) is 0 Å². The Bertz CT molecular complexity index is 721. The lowest BCUT2D eigenvalue weighted by atomic mass is 9.77. The number of benzene rings is 1. The zero-order chi connectivity index (χ0) is 19.9. The molecule has 2 N–H and O–H groups in total. The third-order valence-corrected chi connectivity index (χ3v) is 5.96. The Morgan fingerprint density at radius 3 is 2.68 bits per heavy atom. The first-order chi connectivity index (χ1) is 13.6. The highest BCUT2D eigenvalue weighted by atomic mass is 16.5. The average molecular weight is 383 g/mol. The Balaban J connectivity index is 1.57. The van der Waals surface area contributed by atoms with Crippen LogP contribution in [0.1, 0.15) is 44.1 Å². The van der Waals surface area contributed by atoms with E-state index in [1.165, 1.54) is 6.08 Å². The van der Waals surface area contributed by atoms with E-state index in [4.69, 9.17) is 9.84 Å². The van der Waals surface area contributed by atoms with Gasteiger partial charge in [0.05, 0.1) is 18.3 Å². The Labute approximate surface area is 167 Å². The maximum Gasteiger partial charge on any atom is 0.327 e. The lowest BCUT2D eigenvalue weighted by Crippen LogP contribution is -2.26. The molecule has 6 atom stereocenters. The number of hydrogen-bond donors (Lipinski definition) is 2. The van der Waals surface area contributed by atoms with Crippen LogP contribution in [-0.4, -0.2) is 34.5 Å². The van der Waals surface area contributed by atoms with Crippen molar-refractivity contribution in [2.75, 3.05) is 0 Å². The van der Waals surface area contributed by atoms with E-state index in [1.54, 1.807) is 6.08 Å². The molecule has 2 aliphatic rings. The molecule has 0 aromatic heterocycles. The highest BCUT2D eigenvalue weighted by Crippen LogP contribution is 2.46. The molecule has 28 heavy (non-hydrogen) atoms. The summed E-state index contributed by atoms with van der Waals surface area (Å²) in [5.41, 5.74) is 1.14. The molecular formula is C24H30O4. The first kappa shape index (κ1) is 20.6. The van der Waals surface area contributed by atoms with E-state index in [0.717, 1.165) is 24.8 Å². The number of carboxylic acid groups (broad SMARTS) is 1. The summed E-state index contributed by atoms with van der Waals surface area (Å²) < 4.78 is 6.13. The van der Waals surface area contributed by atoms with Crippen molar-refractivity contribution in [1.29, 1.82) is 0 Å². The smallest absolute Gasteiger partial charge is 0.327 e. The molecule has 3 rings (SSSR count). The highest BCUT2D eigenvalue weighted by molar-refractivity contribution is 5.79. The van der Waals surface area contributed by atoms with Gasteiger partial charge in [0.15, 0.2) is 0 Å².